The molecule has 0 bridgehead atoms. The fourth-order valence-corrected chi connectivity index (χ4v) is 2.66. The first-order valence-corrected chi connectivity index (χ1v) is 7.05. The topological polar surface area (TPSA) is 44.5 Å². The van der Waals surface area contributed by atoms with Crippen LogP contribution in [0.2, 0.25) is 0 Å². The van der Waals surface area contributed by atoms with Crippen molar-refractivity contribution < 1.29 is 9.47 Å². The second-order valence-electron chi connectivity index (χ2n) is 6.03. The van der Waals surface area contributed by atoms with E-state index >= 15 is 0 Å². The minimum atomic E-state index is -0.258. The average Bonchev–Trinajstić information content (AvgIpc) is 2.62. The van der Waals surface area contributed by atoms with Crippen molar-refractivity contribution in [1.29, 1.82) is 0 Å². The van der Waals surface area contributed by atoms with Crippen LogP contribution >= 0.6 is 0 Å². The van der Waals surface area contributed by atoms with Crippen LogP contribution in [0.3, 0.4) is 0 Å². The number of hydrogen-bond donors (Lipinski definition) is 1. The van der Waals surface area contributed by atoms with Crippen molar-refractivity contribution >= 4 is 0 Å². The Morgan fingerprint density at radius 2 is 2.00 bits per heavy atom. The largest absolute Gasteiger partial charge is 0.374 e. The predicted molar refractivity (Wildman–Crippen MR) is 76.9 cm³/mol. The molecule has 0 radical (unpaired) electrons. The molecule has 2 unspecified atom stereocenters. The summed E-state index contributed by atoms with van der Waals surface area (Å²) in [4.78, 5) is 0. The van der Waals surface area contributed by atoms with Crippen LogP contribution in [0.25, 0.3) is 0 Å². The smallest absolute Gasteiger partial charge is 0.0936 e. The molecule has 2 N–H and O–H groups in total. The van der Waals surface area contributed by atoms with Crippen LogP contribution in [-0.4, -0.2) is 23.9 Å². The summed E-state index contributed by atoms with van der Waals surface area (Å²) in [7, 11) is 0. The van der Waals surface area contributed by atoms with Crippen molar-refractivity contribution in [3.63, 3.8) is 0 Å². The number of hydrogen-bond acceptors (Lipinski definition) is 3. The molecule has 2 rings (SSSR count). The molecular weight excluding hydrogens is 238 g/mol. The SMILES string of the molecule is CCC1(COCc2ccccc2)CC(N)C(C)(C)O1. The standard InChI is InChI=1S/C16H25NO2/c1-4-16(10-14(17)15(2,3)19-16)12-18-11-13-8-6-5-7-9-13/h5-9,14H,4,10-12,17H2,1-3H3. The van der Waals surface area contributed by atoms with Crippen molar-refractivity contribution in [3.05, 3.63) is 35.9 Å². The lowest BCUT2D eigenvalue weighted by molar-refractivity contribution is -0.128. The van der Waals surface area contributed by atoms with E-state index in [1.54, 1.807) is 0 Å². The molecule has 1 fully saturated rings. The molecule has 19 heavy (non-hydrogen) atoms. The highest BCUT2D eigenvalue weighted by Crippen LogP contribution is 2.39. The summed E-state index contributed by atoms with van der Waals surface area (Å²) in [6, 6.07) is 10.3. The third-order valence-electron chi connectivity index (χ3n) is 4.09. The van der Waals surface area contributed by atoms with Gasteiger partial charge in [-0.2, -0.15) is 0 Å². The highest BCUT2D eigenvalue weighted by molar-refractivity contribution is 5.13. The fourth-order valence-electron chi connectivity index (χ4n) is 2.66. The van der Waals surface area contributed by atoms with Crippen molar-refractivity contribution in [3.8, 4) is 0 Å². The maximum Gasteiger partial charge on any atom is 0.0936 e. The Balaban J connectivity index is 1.90. The summed E-state index contributed by atoms with van der Waals surface area (Å²) in [6.45, 7) is 7.50. The molecule has 3 heteroatoms. The van der Waals surface area contributed by atoms with E-state index in [0.717, 1.165) is 12.8 Å². The molecule has 106 valence electrons. The molecule has 0 aromatic heterocycles. The van der Waals surface area contributed by atoms with E-state index in [2.05, 4.69) is 32.9 Å². The summed E-state index contributed by atoms with van der Waals surface area (Å²) in [5, 5.41) is 0. The first-order valence-electron chi connectivity index (χ1n) is 7.05. The van der Waals surface area contributed by atoms with E-state index in [-0.39, 0.29) is 17.2 Å². The zero-order chi connectivity index (χ0) is 13.9. The van der Waals surface area contributed by atoms with Gasteiger partial charge in [-0.15, -0.1) is 0 Å². The average molecular weight is 263 g/mol. The van der Waals surface area contributed by atoms with E-state index in [1.165, 1.54) is 5.56 Å². The number of ether oxygens (including phenoxy) is 2. The lowest BCUT2D eigenvalue weighted by Crippen LogP contribution is -2.39. The van der Waals surface area contributed by atoms with Gasteiger partial charge in [0.05, 0.1) is 24.4 Å². The van der Waals surface area contributed by atoms with Gasteiger partial charge in [0.25, 0.3) is 0 Å². The lowest BCUT2D eigenvalue weighted by atomic mass is 9.92. The summed E-state index contributed by atoms with van der Waals surface area (Å²) >= 11 is 0. The maximum absolute atomic E-state index is 6.19. The van der Waals surface area contributed by atoms with Gasteiger partial charge in [-0.1, -0.05) is 37.3 Å². The first kappa shape index (κ1) is 14.5. The fraction of sp³-hybridized carbons (Fsp3) is 0.625. The number of nitrogens with two attached hydrogens (primary N) is 1. The van der Waals surface area contributed by atoms with Crippen LogP contribution in [0.1, 0.15) is 39.2 Å². The van der Waals surface area contributed by atoms with Gasteiger partial charge in [0.1, 0.15) is 0 Å². The Kier molecular flexibility index (Phi) is 4.29. The zero-order valence-corrected chi connectivity index (χ0v) is 12.2. The summed E-state index contributed by atoms with van der Waals surface area (Å²) in [5.41, 5.74) is 6.87. The van der Waals surface area contributed by atoms with Gasteiger partial charge >= 0.3 is 0 Å². The molecule has 1 aliphatic rings. The zero-order valence-electron chi connectivity index (χ0n) is 12.2. The third kappa shape index (κ3) is 3.35. The van der Waals surface area contributed by atoms with Gasteiger partial charge in [-0.3, -0.25) is 0 Å². The van der Waals surface area contributed by atoms with Crippen molar-refractivity contribution in [2.75, 3.05) is 6.61 Å². The molecule has 0 spiro atoms. The lowest BCUT2D eigenvalue weighted by Gasteiger charge is -2.30. The molecule has 1 heterocycles. The van der Waals surface area contributed by atoms with Crippen molar-refractivity contribution in [2.24, 2.45) is 5.73 Å². The van der Waals surface area contributed by atoms with Crippen LogP contribution in [0, 0.1) is 0 Å². The molecule has 0 saturated carbocycles. The van der Waals surface area contributed by atoms with Gasteiger partial charge in [0.2, 0.25) is 0 Å². The molecule has 1 aromatic carbocycles. The molecular formula is C16H25NO2. The van der Waals surface area contributed by atoms with Gasteiger partial charge in [-0.05, 0) is 32.3 Å². The molecule has 0 aliphatic carbocycles. The van der Waals surface area contributed by atoms with E-state index in [4.69, 9.17) is 15.2 Å². The van der Waals surface area contributed by atoms with Crippen LogP contribution in [0.5, 0.6) is 0 Å². The van der Waals surface area contributed by atoms with E-state index in [0.29, 0.717) is 13.2 Å². The van der Waals surface area contributed by atoms with E-state index < -0.39 is 0 Å². The van der Waals surface area contributed by atoms with Crippen molar-refractivity contribution in [1.82, 2.24) is 0 Å². The molecule has 3 nitrogen and oxygen atoms in total. The minimum absolute atomic E-state index is 0.0766. The first-order chi connectivity index (χ1) is 8.97. The quantitative estimate of drug-likeness (QED) is 0.888. The highest BCUT2D eigenvalue weighted by atomic mass is 16.6. The second-order valence-corrected chi connectivity index (χ2v) is 6.03. The van der Waals surface area contributed by atoms with E-state index in [9.17, 15) is 0 Å². The molecule has 1 aromatic rings. The number of rotatable bonds is 5. The van der Waals surface area contributed by atoms with Gasteiger partial charge in [0.15, 0.2) is 0 Å². The molecule has 1 aliphatic heterocycles. The van der Waals surface area contributed by atoms with E-state index in [1.807, 2.05) is 18.2 Å². The van der Waals surface area contributed by atoms with Crippen LogP contribution < -0.4 is 5.73 Å². The summed E-state index contributed by atoms with van der Waals surface area (Å²) in [5.74, 6) is 0. The molecule has 1 saturated heterocycles. The Bertz CT molecular complexity index is 404. The van der Waals surface area contributed by atoms with Crippen molar-refractivity contribution in [2.45, 2.75) is 57.5 Å². The molecule has 0 amide bonds. The summed E-state index contributed by atoms with van der Waals surface area (Å²) < 4.78 is 12.0. The monoisotopic (exact) mass is 263 g/mol. The van der Waals surface area contributed by atoms with Gasteiger partial charge in [0, 0.05) is 6.04 Å². The van der Waals surface area contributed by atoms with Crippen LogP contribution in [-0.2, 0) is 16.1 Å². The summed E-state index contributed by atoms with van der Waals surface area (Å²) in [6.07, 6.45) is 1.80. The predicted octanol–water partition coefficient (Wildman–Crippen LogP) is 2.88. The Morgan fingerprint density at radius 3 is 2.53 bits per heavy atom. The Morgan fingerprint density at radius 1 is 1.32 bits per heavy atom. The maximum atomic E-state index is 6.19. The third-order valence-corrected chi connectivity index (χ3v) is 4.09. The van der Waals surface area contributed by atoms with Gasteiger partial charge < -0.3 is 15.2 Å². The van der Waals surface area contributed by atoms with Gasteiger partial charge in [-0.25, -0.2) is 0 Å². The minimum Gasteiger partial charge on any atom is -0.374 e. The van der Waals surface area contributed by atoms with Crippen LogP contribution in [0.4, 0.5) is 0 Å². The van der Waals surface area contributed by atoms with Crippen LogP contribution in [0.15, 0.2) is 30.3 Å². The second kappa shape index (κ2) is 5.61. The Labute approximate surface area is 116 Å². The number of benzene rings is 1. The molecule has 2 atom stereocenters. The Hall–Kier alpha value is -0.900. The normalized spacial score (nSPS) is 29.6. The highest BCUT2D eigenvalue weighted by Gasteiger charge is 2.48.